The van der Waals surface area contributed by atoms with E-state index >= 15 is 0 Å². The van der Waals surface area contributed by atoms with Crippen LogP contribution in [0.25, 0.3) is 16.9 Å². The topological polar surface area (TPSA) is 83.8 Å². The fraction of sp³-hybridized carbons (Fsp3) is 0.238. The molecule has 30 heavy (non-hydrogen) atoms. The van der Waals surface area contributed by atoms with E-state index in [4.69, 9.17) is 11.6 Å². The van der Waals surface area contributed by atoms with Gasteiger partial charge in [0.2, 0.25) is 5.28 Å². The van der Waals surface area contributed by atoms with Crippen molar-refractivity contribution in [3.63, 3.8) is 0 Å². The molecule has 0 unspecified atom stereocenters. The van der Waals surface area contributed by atoms with Crippen LogP contribution in [0.2, 0.25) is 5.28 Å². The third-order valence-corrected chi connectivity index (χ3v) is 5.64. The lowest BCUT2D eigenvalue weighted by molar-refractivity contribution is 0.0972. The molecular formula is C21H20ClN5O3. The van der Waals surface area contributed by atoms with Crippen LogP contribution in [0.3, 0.4) is 0 Å². The van der Waals surface area contributed by atoms with Gasteiger partial charge in [-0.1, -0.05) is 18.2 Å². The molecule has 0 aliphatic heterocycles. The zero-order valence-electron chi connectivity index (χ0n) is 17.0. The zero-order chi connectivity index (χ0) is 21.7. The predicted molar refractivity (Wildman–Crippen MR) is 115 cm³/mol. The van der Waals surface area contributed by atoms with E-state index in [1.54, 1.807) is 0 Å². The van der Waals surface area contributed by atoms with Crippen molar-refractivity contribution in [1.29, 1.82) is 0 Å². The lowest BCUT2D eigenvalue weighted by Gasteiger charge is -2.10. The predicted octanol–water partition coefficient (Wildman–Crippen LogP) is 2.38. The van der Waals surface area contributed by atoms with Crippen molar-refractivity contribution in [2.75, 3.05) is 0 Å². The van der Waals surface area contributed by atoms with Gasteiger partial charge in [0.05, 0.1) is 6.54 Å². The van der Waals surface area contributed by atoms with Gasteiger partial charge in [0.15, 0.2) is 16.9 Å². The summed E-state index contributed by atoms with van der Waals surface area (Å²) in [7, 11) is 2.89. The number of nitrogens with zero attached hydrogens (tertiary/aromatic N) is 5. The van der Waals surface area contributed by atoms with E-state index in [1.165, 1.54) is 23.2 Å². The number of aryl methyl sites for hydroxylation is 2. The van der Waals surface area contributed by atoms with Gasteiger partial charge >= 0.3 is 5.69 Å². The highest BCUT2D eigenvalue weighted by atomic mass is 35.5. The summed E-state index contributed by atoms with van der Waals surface area (Å²) >= 11 is 6.25. The highest BCUT2D eigenvalue weighted by Crippen LogP contribution is 2.23. The average Bonchev–Trinajstić information content (AvgIpc) is 3.21. The maximum Gasteiger partial charge on any atom is 0.332 e. The monoisotopic (exact) mass is 425 g/mol. The van der Waals surface area contributed by atoms with Crippen molar-refractivity contribution in [3.05, 3.63) is 79.5 Å². The Labute approximate surface area is 176 Å². The Balaban J connectivity index is 1.81. The number of aromatic nitrogens is 5. The molecule has 1 aromatic carbocycles. The molecule has 0 aliphatic carbocycles. The maximum atomic E-state index is 13.2. The van der Waals surface area contributed by atoms with Crippen LogP contribution >= 0.6 is 11.6 Å². The van der Waals surface area contributed by atoms with Gasteiger partial charge in [-0.3, -0.25) is 18.7 Å². The lowest BCUT2D eigenvalue weighted by atomic mass is 10.1. The number of hydrogen-bond acceptors (Lipinski definition) is 4. The maximum absolute atomic E-state index is 13.2. The Morgan fingerprint density at radius 2 is 1.73 bits per heavy atom. The second-order valence-electron chi connectivity index (χ2n) is 7.22. The van der Waals surface area contributed by atoms with Crippen LogP contribution in [0.15, 0.2) is 46.0 Å². The highest BCUT2D eigenvalue weighted by molar-refractivity contribution is 6.29. The number of carbonyl (C=O) groups is 1. The molecular weight excluding hydrogens is 406 g/mol. The summed E-state index contributed by atoms with van der Waals surface area (Å²) in [5.74, 6) is -0.206. The first-order chi connectivity index (χ1) is 14.2. The van der Waals surface area contributed by atoms with E-state index in [-0.39, 0.29) is 28.8 Å². The molecule has 0 fully saturated rings. The number of Topliss-reactive ketones (excluding diaryl/α,β-unsaturated/α-hetero) is 1. The minimum absolute atomic E-state index is 0.0199. The molecule has 0 amide bonds. The number of ketones is 1. The number of fused-ring (bicyclic) bond motifs is 1. The number of halogens is 1. The van der Waals surface area contributed by atoms with Crippen LogP contribution in [0.5, 0.6) is 0 Å². The number of para-hydroxylation sites is 1. The fourth-order valence-electron chi connectivity index (χ4n) is 3.81. The largest absolute Gasteiger partial charge is 0.332 e. The second kappa shape index (κ2) is 7.14. The molecule has 4 aromatic rings. The molecule has 154 valence electrons. The molecule has 0 atom stereocenters. The summed E-state index contributed by atoms with van der Waals surface area (Å²) < 4.78 is 5.58. The van der Waals surface area contributed by atoms with Crippen LogP contribution in [0, 0.1) is 13.8 Å². The van der Waals surface area contributed by atoms with E-state index in [1.807, 2.05) is 54.8 Å². The van der Waals surface area contributed by atoms with E-state index in [0.29, 0.717) is 5.56 Å². The Morgan fingerprint density at radius 1 is 1.07 bits per heavy atom. The Hall–Kier alpha value is -3.39. The normalized spacial score (nSPS) is 11.4. The van der Waals surface area contributed by atoms with Gasteiger partial charge in [0.25, 0.3) is 5.56 Å². The van der Waals surface area contributed by atoms with Crippen molar-refractivity contribution in [2.24, 2.45) is 14.1 Å². The first-order valence-electron chi connectivity index (χ1n) is 9.31. The molecule has 0 radical (unpaired) electrons. The number of hydrogen-bond donors (Lipinski definition) is 0. The fourth-order valence-corrected chi connectivity index (χ4v) is 4.04. The van der Waals surface area contributed by atoms with Crippen molar-refractivity contribution in [1.82, 2.24) is 23.3 Å². The van der Waals surface area contributed by atoms with Gasteiger partial charge in [0.1, 0.15) is 0 Å². The number of benzene rings is 1. The average molecular weight is 426 g/mol. The highest BCUT2D eigenvalue weighted by Gasteiger charge is 2.22. The minimum Gasteiger partial charge on any atom is -0.318 e. The van der Waals surface area contributed by atoms with E-state index in [2.05, 4.69) is 4.98 Å². The molecule has 0 saturated heterocycles. The van der Waals surface area contributed by atoms with Crippen molar-refractivity contribution in [3.8, 4) is 5.69 Å². The quantitative estimate of drug-likeness (QED) is 0.371. The summed E-state index contributed by atoms with van der Waals surface area (Å²) in [6.07, 6.45) is 0. The van der Waals surface area contributed by atoms with Gasteiger partial charge < -0.3 is 9.13 Å². The Kier molecular flexibility index (Phi) is 4.74. The molecule has 4 rings (SSSR count). The van der Waals surface area contributed by atoms with Gasteiger partial charge in [0, 0.05) is 36.7 Å². The van der Waals surface area contributed by atoms with E-state index < -0.39 is 11.2 Å². The third-order valence-electron chi connectivity index (χ3n) is 5.35. The zero-order valence-corrected chi connectivity index (χ0v) is 17.8. The molecule has 3 aromatic heterocycles. The third kappa shape index (κ3) is 2.91. The summed E-state index contributed by atoms with van der Waals surface area (Å²) in [4.78, 5) is 42.1. The van der Waals surface area contributed by atoms with Crippen LogP contribution < -0.4 is 11.2 Å². The summed E-state index contributed by atoms with van der Waals surface area (Å²) in [6, 6.07) is 11.6. The molecule has 0 N–H and O–H groups in total. The van der Waals surface area contributed by atoms with Crippen LogP contribution in [-0.2, 0) is 20.6 Å². The summed E-state index contributed by atoms with van der Waals surface area (Å²) in [6.45, 7) is 3.65. The minimum atomic E-state index is -0.546. The van der Waals surface area contributed by atoms with Crippen molar-refractivity contribution >= 4 is 28.5 Å². The standard InChI is InChI=1S/C21H20ClN5O3/c1-12-10-15(13(2)27(12)14-8-6-5-7-9-14)16(28)11-26-17-18(23-20(26)22)24(3)21(30)25(4)19(17)29/h5-10H,11H2,1-4H3. The molecule has 0 spiro atoms. The molecule has 9 heteroatoms. The SMILES string of the molecule is Cc1cc(C(=O)Cn2c(Cl)nc3c2c(=O)n(C)c(=O)n3C)c(C)n1-c1ccccc1. The second-order valence-corrected chi connectivity index (χ2v) is 7.56. The molecule has 0 saturated carbocycles. The number of rotatable bonds is 4. The number of carbonyl (C=O) groups excluding carboxylic acids is 1. The van der Waals surface area contributed by atoms with Crippen LogP contribution in [0.1, 0.15) is 21.7 Å². The Bertz CT molecular complexity index is 1420. The van der Waals surface area contributed by atoms with Gasteiger partial charge in [-0.05, 0) is 43.6 Å². The molecule has 8 nitrogen and oxygen atoms in total. The van der Waals surface area contributed by atoms with Crippen molar-refractivity contribution < 1.29 is 4.79 Å². The van der Waals surface area contributed by atoms with Crippen LogP contribution in [-0.4, -0.2) is 29.0 Å². The summed E-state index contributed by atoms with van der Waals surface area (Å²) in [5.41, 5.74) is 2.43. The first-order valence-corrected chi connectivity index (χ1v) is 9.69. The van der Waals surface area contributed by atoms with Gasteiger partial charge in [-0.15, -0.1) is 0 Å². The smallest absolute Gasteiger partial charge is 0.318 e. The van der Waals surface area contributed by atoms with Gasteiger partial charge in [-0.25, -0.2) is 4.79 Å². The van der Waals surface area contributed by atoms with Crippen LogP contribution in [0.4, 0.5) is 0 Å². The molecule has 3 heterocycles. The Morgan fingerprint density at radius 3 is 2.40 bits per heavy atom. The van der Waals surface area contributed by atoms with E-state index in [9.17, 15) is 14.4 Å². The van der Waals surface area contributed by atoms with Gasteiger partial charge in [-0.2, -0.15) is 4.98 Å². The molecule has 0 aliphatic rings. The van der Waals surface area contributed by atoms with E-state index in [0.717, 1.165) is 21.6 Å². The lowest BCUT2D eigenvalue weighted by Crippen LogP contribution is -2.37. The van der Waals surface area contributed by atoms with Crippen molar-refractivity contribution in [2.45, 2.75) is 20.4 Å². The first kappa shape index (κ1) is 19.9. The summed E-state index contributed by atoms with van der Waals surface area (Å²) in [5, 5.41) is -0.0199. The number of imidazole rings is 1. The molecule has 0 bridgehead atoms.